The fourth-order valence-corrected chi connectivity index (χ4v) is 1.57. The third-order valence-electron chi connectivity index (χ3n) is 2.30. The smallest absolute Gasteiger partial charge is 0.226 e. The molecule has 1 aromatic rings. The van der Waals surface area contributed by atoms with E-state index in [0.29, 0.717) is 18.8 Å². The lowest BCUT2D eigenvalue weighted by Crippen LogP contribution is -2.38. The summed E-state index contributed by atoms with van der Waals surface area (Å²) in [4.78, 5) is 13.2. The van der Waals surface area contributed by atoms with Gasteiger partial charge in [0, 0.05) is 12.6 Å². The van der Waals surface area contributed by atoms with Gasteiger partial charge in [0.25, 0.3) is 0 Å². The fraction of sp³-hybridized carbons (Fsp3) is 0.583. The van der Waals surface area contributed by atoms with Crippen molar-refractivity contribution in [1.29, 1.82) is 0 Å². The molecule has 0 saturated carbocycles. The normalized spacial score (nSPS) is 12.1. The summed E-state index contributed by atoms with van der Waals surface area (Å²) in [5.74, 6) is 0.0817. The number of hydrogen-bond acceptors (Lipinski definition) is 5. The van der Waals surface area contributed by atoms with E-state index in [1.807, 2.05) is 11.8 Å². The van der Waals surface area contributed by atoms with E-state index >= 15 is 0 Å². The zero-order chi connectivity index (χ0) is 13.1. The first-order valence-electron chi connectivity index (χ1n) is 5.57. The van der Waals surface area contributed by atoms with E-state index in [2.05, 4.69) is 0 Å². The maximum atomic E-state index is 11.2. The van der Waals surface area contributed by atoms with Crippen LogP contribution >= 0.6 is 0 Å². The molecular formula is C12H19NO4. The zero-order valence-corrected chi connectivity index (χ0v) is 10.4. The van der Waals surface area contributed by atoms with Gasteiger partial charge < -0.3 is 14.6 Å². The highest BCUT2D eigenvalue weighted by Gasteiger charge is 2.18. The molecule has 0 spiro atoms. The van der Waals surface area contributed by atoms with Crippen LogP contribution in [0.5, 0.6) is 5.75 Å². The van der Waals surface area contributed by atoms with Crippen LogP contribution in [0.3, 0.4) is 0 Å². The molecule has 1 heterocycles. The quantitative estimate of drug-likeness (QED) is 0.802. The summed E-state index contributed by atoms with van der Waals surface area (Å²) in [5.41, 5.74) is -1.25. The van der Waals surface area contributed by atoms with Crippen molar-refractivity contribution < 1.29 is 14.6 Å². The van der Waals surface area contributed by atoms with Gasteiger partial charge in [0.2, 0.25) is 5.43 Å². The molecule has 0 aliphatic rings. The Balaban J connectivity index is 2.74. The SMILES string of the molecule is CCN(Cc1cc(=O)c(O)co1)CC(C)(C)O. The third-order valence-corrected chi connectivity index (χ3v) is 2.30. The number of rotatable bonds is 5. The minimum atomic E-state index is -0.798. The standard InChI is InChI=1S/C12H19NO4/c1-4-13(8-12(2,3)16)6-9-5-10(14)11(15)7-17-9/h5,7,15-16H,4,6,8H2,1-3H3. The van der Waals surface area contributed by atoms with Crippen LogP contribution in [0.25, 0.3) is 0 Å². The second kappa shape index (κ2) is 5.33. The lowest BCUT2D eigenvalue weighted by Gasteiger charge is -2.27. The summed E-state index contributed by atoms with van der Waals surface area (Å²) in [7, 11) is 0. The summed E-state index contributed by atoms with van der Waals surface area (Å²) in [6, 6.07) is 1.27. The first-order valence-corrected chi connectivity index (χ1v) is 5.57. The lowest BCUT2D eigenvalue weighted by molar-refractivity contribution is 0.0331. The average Bonchev–Trinajstić information content (AvgIpc) is 2.20. The van der Waals surface area contributed by atoms with E-state index in [9.17, 15) is 9.90 Å². The molecule has 17 heavy (non-hydrogen) atoms. The number of aliphatic hydroxyl groups is 1. The largest absolute Gasteiger partial charge is 0.502 e. The highest BCUT2D eigenvalue weighted by Crippen LogP contribution is 2.10. The second-order valence-electron chi connectivity index (χ2n) is 4.71. The molecule has 0 atom stereocenters. The molecule has 0 fully saturated rings. The predicted octanol–water partition coefficient (Wildman–Crippen LogP) is 0.938. The molecule has 1 aromatic heterocycles. The molecule has 5 heteroatoms. The maximum absolute atomic E-state index is 11.2. The van der Waals surface area contributed by atoms with Gasteiger partial charge in [0.05, 0.1) is 12.1 Å². The Labute approximate surface area is 100 Å². The summed E-state index contributed by atoms with van der Waals surface area (Å²) in [6.45, 7) is 7.05. The van der Waals surface area contributed by atoms with Gasteiger partial charge in [0.15, 0.2) is 5.75 Å². The van der Waals surface area contributed by atoms with Crippen LogP contribution in [0.4, 0.5) is 0 Å². The summed E-state index contributed by atoms with van der Waals surface area (Å²) in [6.07, 6.45) is 1.04. The van der Waals surface area contributed by atoms with Crippen LogP contribution in [0.2, 0.25) is 0 Å². The van der Waals surface area contributed by atoms with E-state index in [1.165, 1.54) is 6.07 Å². The van der Waals surface area contributed by atoms with Crippen molar-refractivity contribution in [3.63, 3.8) is 0 Å². The fourth-order valence-electron chi connectivity index (χ4n) is 1.57. The van der Waals surface area contributed by atoms with Gasteiger partial charge in [-0.2, -0.15) is 0 Å². The number of nitrogens with zero attached hydrogens (tertiary/aromatic N) is 1. The monoisotopic (exact) mass is 241 g/mol. The molecule has 0 radical (unpaired) electrons. The van der Waals surface area contributed by atoms with Crippen molar-refractivity contribution in [3.8, 4) is 5.75 Å². The van der Waals surface area contributed by atoms with Gasteiger partial charge in [-0.05, 0) is 20.4 Å². The van der Waals surface area contributed by atoms with E-state index in [0.717, 1.165) is 12.8 Å². The topological polar surface area (TPSA) is 73.9 Å². The van der Waals surface area contributed by atoms with E-state index in [-0.39, 0.29) is 5.75 Å². The van der Waals surface area contributed by atoms with E-state index in [1.54, 1.807) is 13.8 Å². The third kappa shape index (κ3) is 4.58. The molecule has 96 valence electrons. The van der Waals surface area contributed by atoms with Crippen molar-refractivity contribution >= 4 is 0 Å². The van der Waals surface area contributed by atoms with Crippen molar-refractivity contribution in [2.45, 2.75) is 32.9 Å². The Morgan fingerprint density at radius 2 is 2.12 bits per heavy atom. The minimum Gasteiger partial charge on any atom is -0.502 e. The summed E-state index contributed by atoms with van der Waals surface area (Å²) in [5, 5.41) is 18.8. The Hall–Kier alpha value is -1.33. The van der Waals surface area contributed by atoms with Gasteiger partial charge in [0.1, 0.15) is 12.0 Å². The first kappa shape index (κ1) is 13.7. The van der Waals surface area contributed by atoms with Gasteiger partial charge in [-0.1, -0.05) is 6.92 Å². The number of likely N-dealkylation sites (N-methyl/N-ethyl adjacent to an activating group) is 1. The Kier molecular flexibility index (Phi) is 4.31. The van der Waals surface area contributed by atoms with Crippen LogP contribution in [0.1, 0.15) is 26.5 Å². The van der Waals surface area contributed by atoms with Crippen LogP contribution in [0, 0.1) is 0 Å². The van der Waals surface area contributed by atoms with Crippen LogP contribution in [-0.2, 0) is 6.54 Å². The molecule has 0 amide bonds. The number of hydrogen-bond donors (Lipinski definition) is 2. The Morgan fingerprint density at radius 3 is 2.59 bits per heavy atom. The van der Waals surface area contributed by atoms with Crippen LogP contribution in [-0.4, -0.2) is 33.8 Å². The van der Waals surface area contributed by atoms with Crippen molar-refractivity contribution in [1.82, 2.24) is 4.90 Å². The molecule has 0 saturated heterocycles. The second-order valence-corrected chi connectivity index (χ2v) is 4.71. The van der Waals surface area contributed by atoms with Crippen LogP contribution in [0.15, 0.2) is 21.5 Å². The van der Waals surface area contributed by atoms with Gasteiger partial charge in [-0.3, -0.25) is 9.69 Å². The van der Waals surface area contributed by atoms with Gasteiger partial charge in [-0.25, -0.2) is 0 Å². The molecule has 0 unspecified atom stereocenters. The molecule has 5 nitrogen and oxygen atoms in total. The minimum absolute atomic E-state index is 0.390. The molecule has 0 aliphatic heterocycles. The van der Waals surface area contributed by atoms with Gasteiger partial charge >= 0.3 is 0 Å². The van der Waals surface area contributed by atoms with E-state index in [4.69, 9.17) is 9.52 Å². The van der Waals surface area contributed by atoms with Crippen molar-refractivity contribution in [2.24, 2.45) is 0 Å². The highest BCUT2D eigenvalue weighted by molar-refractivity contribution is 5.15. The highest BCUT2D eigenvalue weighted by atomic mass is 16.4. The zero-order valence-electron chi connectivity index (χ0n) is 10.4. The van der Waals surface area contributed by atoms with Gasteiger partial charge in [-0.15, -0.1) is 0 Å². The molecular weight excluding hydrogens is 222 g/mol. The average molecular weight is 241 g/mol. The molecule has 0 aromatic carbocycles. The summed E-state index contributed by atoms with van der Waals surface area (Å²) < 4.78 is 5.11. The molecule has 2 N–H and O–H groups in total. The molecule has 0 bridgehead atoms. The Morgan fingerprint density at radius 1 is 1.47 bits per heavy atom. The lowest BCUT2D eigenvalue weighted by atomic mass is 10.1. The summed E-state index contributed by atoms with van der Waals surface area (Å²) >= 11 is 0. The van der Waals surface area contributed by atoms with Crippen molar-refractivity contribution in [3.05, 3.63) is 28.3 Å². The van der Waals surface area contributed by atoms with Crippen molar-refractivity contribution in [2.75, 3.05) is 13.1 Å². The Bertz CT molecular complexity index is 419. The maximum Gasteiger partial charge on any atom is 0.226 e. The number of aromatic hydroxyl groups is 1. The van der Waals surface area contributed by atoms with Crippen LogP contribution < -0.4 is 5.43 Å². The molecule has 1 rings (SSSR count). The predicted molar refractivity (Wildman–Crippen MR) is 63.9 cm³/mol. The first-order chi connectivity index (χ1) is 7.81. The molecule has 0 aliphatic carbocycles. The van der Waals surface area contributed by atoms with E-state index < -0.39 is 11.0 Å².